The van der Waals surface area contributed by atoms with E-state index in [4.69, 9.17) is 13.9 Å². The minimum atomic E-state index is -1.02. The van der Waals surface area contributed by atoms with Crippen LogP contribution >= 0.6 is 11.3 Å². The Morgan fingerprint density at radius 1 is 1.23 bits per heavy atom. The molecule has 10 heteroatoms. The van der Waals surface area contributed by atoms with Gasteiger partial charge < -0.3 is 28.6 Å². The molecule has 0 bridgehead atoms. The molecule has 9 nitrogen and oxygen atoms in total. The summed E-state index contributed by atoms with van der Waals surface area (Å²) in [5.41, 5.74) is 1.27. The molecule has 2 aromatic heterocycles. The monoisotopic (exact) mass is 552 g/mol. The maximum atomic E-state index is 14.1. The number of likely N-dealkylation sites (tertiary alicyclic amines) is 1. The van der Waals surface area contributed by atoms with E-state index in [0.29, 0.717) is 18.0 Å². The number of ether oxygens (including phenoxy) is 2. The molecule has 3 aromatic rings. The van der Waals surface area contributed by atoms with Crippen LogP contribution < -0.4 is 9.64 Å². The van der Waals surface area contributed by atoms with Gasteiger partial charge in [-0.25, -0.2) is 4.98 Å². The molecule has 1 unspecified atom stereocenters. The number of carbonyl (C=O) groups is 2. The highest BCUT2D eigenvalue weighted by Crippen LogP contribution is 2.46. The van der Waals surface area contributed by atoms with Gasteiger partial charge in [-0.1, -0.05) is 18.2 Å². The van der Waals surface area contributed by atoms with Crippen LogP contribution in [0.3, 0.4) is 0 Å². The number of anilines is 1. The molecule has 2 aliphatic heterocycles. The third-order valence-electron chi connectivity index (χ3n) is 7.46. The Morgan fingerprint density at radius 2 is 1.97 bits per heavy atom. The van der Waals surface area contributed by atoms with E-state index in [2.05, 4.69) is 9.88 Å². The van der Waals surface area contributed by atoms with Crippen LogP contribution in [-0.4, -0.2) is 71.7 Å². The molecule has 0 saturated carbocycles. The number of thiophene rings is 1. The first-order valence-corrected chi connectivity index (χ1v) is 14.1. The topological polar surface area (TPSA) is 88.4 Å². The summed E-state index contributed by atoms with van der Waals surface area (Å²) in [7, 11) is 1.65. The summed E-state index contributed by atoms with van der Waals surface area (Å²) in [5, 5.41) is 0.821. The smallest absolute Gasteiger partial charge is 0.259 e. The molecule has 5 rings (SSSR count). The molecule has 0 radical (unpaired) electrons. The van der Waals surface area contributed by atoms with Crippen LogP contribution in [-0.2, 0) is 9.53 Å². The number of hydrogen-bond donors (Lipinski definition) is 0. The van der Waals surface area contributed by atoms with Gasteiger partial charge in [-0.3, -0.25) is 9.59 Å². The Hall–Kier alpha value is -3.37. The summed E-state index contributed by atoms with van der Waals surface area (Å²) in [6.45, 7) is 11.8. The Labute approximate surface area is 233 Å². The molecule has 0 aliphatic carbocycles. The predicted molar refractivity (Wildman–Crippen MR) is 150 cm³/mol. The largest absolute Gasteiger partial charge is 0.496 e. The Bertz CT molecular complexity index is 1350. The van der Waals surface area contributed by atoms with Gasteiger partial charge in [0.05, 0.1) is 43.1 Å². The number of oxazole rings is 1. The van der Waals surface area contributed by atoms with Crippen molar-refractivity contribution in [3.63, 3.8) is 0 Å². The number of rotatable bonds is 9. The van der Waals surface area contributed by atoms with Gasteiger partial charge in [-0.2, -0.15) is 0 Å². The van der Waals surface area contributed by atoms with Gasteiger partial charge >= 0.3 is 0 Å². The molecule has 1 saturated heterocycles. The zero-order chi connectivity index (χ0) is 27.9. The van der Waals surface area contributed by atoms with E-state index in [0.717, 1.165) is 46.3 Å². The minimum Gasteiger partial charge on any atom is -0.496 e. The Morgan fingerprint density at radius 3 is 2.59 bits per heavy atom. The first-order chi connectivity index (χ1) is 18.6. The first-order valence-electron chi connectivity index (χ1n) is 13.3. The molecule has 208 valence electrons. The molecular weight excluding hydrogens is 516 g/mol. The lowest BCUT2D eigenvalue weighted by Crippen LogP contribution is -2.64. The van der Waals surface area contributed by atoms with Crippen molar-refractivity contribution in [2.75, 3.05) is 38.3 Å². The summed E-state index contributed by atoms with van der Waals surface area (Å²) in [6.07, 6.45) is 3.73. The number of benzene rings is 1. The van der Waals surface area contributed by atoms with Crippen molar-refractivity contribution in [2.45, 2.75) is 58.8 Å². The van der Waals surface area contributed by atoms with Gasteiger partial charge in [0.15, 0.2) is 0 Å². The van der Waals surface area contributed by atoms with E-state index < -0.39 is 5.54 Å². The van der Waals surface area contributed by atoms with Crippen LogP contribution in [0.5, 0.6) is 5.75 Å². The number of amides is 2. The van der Waals surface area contributed by atoms with Crippen molar-refractivity contribution in [2.24, 2.45) is 0 Å². The third-order valence-corrected chi connectivity index (χ3v) is 8.80. The van der Waals surface area contributed by atoms with E-state index in [-0.39, 0.29) is 30.7 Å². The molecule has 1 fully saturated rings. The van der Waals surface area contributed by atoms with Crippen molar-refractivity contribution < 1.29 is 23.5 Å². The SMILES string of the molecule is COc1ccccc1C(CN1CN(C(C)(C)C(=O)N2CCC2)C(=O)c2c1sc(-c1ncco1)c2C)OC(C)C. The normalized spacial score (nSPS) is 16.4. The molecule has 2 aliphatic rings. The van der Waals surface area contributed by atoms with Crippen LogP contribution in [0.2, 0.25) is 0 Å². The lowest BCUT2D eigenvalue weighted by molar-refractivity contribution is -0.145. The molecule has 1 atom stereocenters. The van der Waals surface area contributed by atoms with Crippen LogP contribution in [0.15, 0.2) is 41.1 Å². The first kappa shape index (κ1) is 27.2. The number of fused-ring (bicyclic) bond motifs is 1. The van der Waals surface area contributed by atoms with E-state index in [1.54, 1.807) is 18.2 Å². The van der Waals surface area contributed by atoms with Gasteiger partial charge in [-0.05, 0) is 52.7 Å². The number of carbonyl (C=O) groups excluding carboxylic acids is 2. The van der Waals surface area contributed by atoms with Crippen LogP contribution in [0, 0.1) is 6.92 Å². The van der Waals surface area contributed by atoms with Crippen molar-refractivity contribution in [3.05, 3.63) is 53.4 Å². The van der Waals surface area contributed by atoms with Gasteiger partial charge in [-0.15, -0.1) is 11.3 Å². The fourth-order valence-electron chi connectivity index (χ4n) is 5.22. The van der Waals surface area contributed by atoms with Gasteiger partial charge in [0.1, 0.15) is 28.7 Å². The highest BCUT2D eigenvalue weighted by molar-refractivity contribution is 7.20. The summed E-state index contributed by atoms with van der Waals surface area (Å²) in [4.78, 5) is 38.4. The van der Waals surface area contributed by atoms with Crippen LogP contribution in [0.25, 0.3) is 10.8 Å². The van der Waals surface area contributed by atoms with Crippen molar-refractivity contribution in [3.8, 4) is 16.5 Å². The Kier molecular flexibility index (Phi) is 7.43. The average Bonchev–Trinajstić information content (AvgIpc) is 3.52. The minimum absolute atomic E-state index is 0.0361. The van der Waals surface area contributed by atoms with Crippen molar-refractivity contribution >= 4 is 28.2 Å². The van der Waals surface area contributed by atoms with Crippen LogP contribution in [0.1, 0.15) is 61.7 Å². The zero-order valence-electron chi connectivity index (χ0n) is 23.4. The van der Waals surface area contributed by atoms with Gasteiger partial charge in [0, 0.05) is 18.7 Å². The molecule has 2 amide bonds. The highest BCUT2D eigenvalue weighted by atomic mass is 32.1. The number of methoxy groups -OCH3 is 1. The van der Waals surface area contributed by atoms with Crippen molar-refractivity contribution in [1.82, 2.24) is 14.8 Å². The molecule has 0 spiro atoms. The van der Waals surface area contributed by atoms with E-state index >= 15 is 0 Å². The van der Waals surface area contributed by atoms with E-state index in [1.165, 1.54) is 17.6 Å². The second-order valence-electron chi connectivity index (χ2n) is 10.8. The fourth-order valence-corrected chi connectivity index (χ4v) is 6.46. The fraction of sp³-hybridized carbons (Fsp3) is 0.483. The van der Waals surface area contributed by atoms with E-state index in [9.17, 15) is 9.59 Å². The zero-order valence-corrected chi connectivity index (χ0v) is 24.2. The summed E-state index contributed by atoms with van der Waals surface area (Å²) in [6, 6.07) is 7.84. The second kappa shape index (κ2) is 10.7. The molecule has 0 N–H and O–H groups in total. The molecular formula is C29H36N4O5S. The number of hydrogen-bond acceptors (Lipinski definition) is 8. The average molecular weight is 553 g/mol. The summed E-state index contributed by atoms with van der Waals surface area (Å²) in [5.74, 6) is 1.02. The van der Waals surface area contributed by atoms with Gasteiger partial charge in [0.25, 0.3) is 5.91 Å². The molecule has 1 aromatic carbocycles. The lowest BCUT2D eigenvalue weighted by atomic mass is 9.95. The van der Waals surface area contributed by atoms with E-state index in [1.807, 2.05) is 63.8 Å². The van der Waals surface area contributed by atoms with Crippen molar-refractivity contribution in [1.29, 1.82) is 0 Å². The highest BCUT2D eigenvalue weighted by Gasteiger charge is 2.47. The maximum Gasteiger partial charge on any atom is 0.259 e. The third kappa shape index (κ3) is 4.91. The maximum absolute atomic E-state index is 14.1. The number of aromatic nitrogens is 1. The predicted octanol–water partition coefficient (Wildman–Crippen LogP) is 5.12. The quantitative estimate of drug-likeness (QED) is 0.364. The summed E-state index contributed by atoms with van der Waals surface area (Å²) >= 11 is 1.48. The standard InChI is InChI=1S/C29H36N4O5S/c1-18(2)38-22(20-10-7-8-11-21(20)36-6)16-32-17-33(29(4,5)28(35)31-13-9-14-31)26(34)23-19(3)24(39-27(23)32)25-30-12-15-37-25/h7-8,10-12,15,18,22H,9,13-14,16-17H2,1-6H3. The second-order valence-corrected chi connectivity index (χ2v) is 11.8. The number of para-hydroxylation sites is 1. The van der Waals surface area contributed by atoms with Crippen LogP contribution in [0.4, 0.5) is 5.00 Å². The Balaban J connectivity index is 1.59. The summed E-state index contributed by atoms with van der Waals surface area (Å²) < 4.78 is 17.7. The molecule has 4 heterocycles. The molecule has 39 heavy (non-hydrogen) atoms. The van der Waals surface area contributed by atoms with Gasteiger partial charge in [0.2, 0.25) is 11.8 Å². The number of nitrogens with zero attached hydrogens (tertiary/aromatic N) is 4. The lowest BCUT2D eigenvalue weighted by Gasteiger charge is -2.47.